The summed E-state index contributed by atoms with van der Waals surface area (Å²) in [5, 5.41) is 0. The fraction of sp³-hybridized carbons (Fsp3) is 0.571. The molecule has 0 aromatic heterocycles. The van der Waals surface area contributed by atoms with E-state index < -0.39 is 0 Å². The zero-order valence-electron chi connectivity index (χ0n) is 9.98. The Hall–Kier alpha value is 0.660. The van der Waals surface area contributed by atoms with Crippen LogP contribution >= 0.6 is 47.8 Å². The van der Waals surface area contributed by atoms with Crippen LogP contribution in [0.1, 0.15) is 48.1 Å². The Bertz CT molecular complexity index is 395. The average Bonchev–Trinajstić information content (AvgIpc) is 2.76. The molecule has 0 amide bonds. The Morgan fingerprint density at radius 3 is 2.47 bits per heavy atom. The SMILES string of the molecule is Cc1cc(Br)c(C(Br)CC2CCCC2)cc1Br. The molecule has 2 rings (SSSR count). The summed E-state index contributed by atoms with van der Waals surface area (Å²) in [7, 11) is 0. The molecular weight excluding hydrogens is 408 g/mol. The van der Waals surface area contributed by atoms with Gasteiger partial charge in [-0.3, -0.25) is 0 Å². The van der Waals surface area contributed by atoms with Crippen LogP contribution in [0.15, 0.2) is 21.1 Å². The van der Waals surface area contributed by atoms with Crippen molar-refractivity contribution >= 4 is 47.8 Å². The van der Waals surface area contributed by atoms with Crippen molar-refractivity contribution in [2.45, 2.75) is 43.9 Å². The van der Waals surface area contributed by atoms with Crippen LogP contribution in [0.25, 0.3) is 0 Å². The lowest BCUT2D eigenvalue weighted by Crippen LogP contribution is -2.00. The van der Waals surface area contributed by atoms with E-state index in [9.17, 15) is 0 Å². The quantitative estimate of drug-likeness (QED) is 0.483. The van der Waals surface area contributed by atoms with Crippen molar-refractivity contribution in [1.29, 1.82) is 0 Å². The lowest BCUT2D eigenvalue weighted by atomic mass is 9.97. The number of hydrogen-bond donors (Lipinski definition) is 0. The summed E-state index contributed by atoms with van der Waals surface area (Å²) in [4.78, 5) is 0.469. The topological polar surface area (TPSA) is 0 Å². The van der Waals surface area contributed by atoms with Gasteiger partial charge in [0, 0.05) is 13.8 Å². The minimum atomic E-state index is 0.469. The predicted molar refractivity (Wildman–Crippen MR) is 84.8 cm³/mol. The first-order chi connectivity index (χ1) is 8.08. The second-order valence-electron chi connectivity index (χ2n) is 4.98. The van der Waals surface area contributed by atoms with E-state index in [2.05, 4.69) is 66.8 Å². The normalized spacial score (nSPS) is 18.6. The molecule has 94 valence electrons. The zero-order valence-corrected chi connectivity index (χ0v) is 14.7. The monoisotopic (exact) mass is 422 g/mol. The van der Waals surface area contributed by atoms with E-state index in [0.29, 0.717) is 4.83 Å². The van der Waals surface area contributed by atoms with Gasteiger partial charge in [-0.05, 0) is 42.5 Å². The van der Waals surface area contributed by atoms with Crippen molar-refractivity contribution in [3.8, 4) is 0 Å². The molecule has 0 N–H and O–H groups in total. The molecule has 3 heteroatoms. The van der Waals surface area contributed by atoms with E-state index in [0.717, 1.165) is 5.92 Å². The molecular formula is C14H17Br3. The van der Waals surface area contributed by atoms with Crippen molar-refractivity contribution in [2.75, 3.05) is 0 Å². The second kappa shape index (κ2) is 6.21. The maximum atomic E-state index is 3.85. The van der Waals surface area contributed by atoms with Crippen LogP contribution in [0.2, 0.25) is 0 Å². The van der Waals surface area contributed by atoms with Crippen LogP contribution in [-0.4, -0.2) is 0 Å². The first kappa shape index (κ1) is 14.1. The van der Waals surface area contributed by atoms with Crippen LogP contribution in [0.5, 0.6) is 0 Å². The third-order valence-corrected chi connectivity index (χ3v) is 6.04. The molecule has 0 radical (unpaired) electrons. The summed E-state index contributed by atoms with van der Waals surface area (Å²) < 4.78 is 2.42. The molecule has 1 saturated carbocycles. The predicted octanol–water partition coefficient (Wildman–Crippen LogP) is 6.54. The maximum absolute atomic E-state index is 3.85. The highest BCUT2D eigenvalue weighted by molar-refractivity contribution is 9.11. The smallest absolute Gasteiger partial charge is 0.0409 e. The fourth-order valence-corrected chi connectivity index (χ4v) is 4.88. The van der Waals surface area contributed by atoms with Gasteiger partial charge in [-0.25, -0.2) is 0 Å². The number of halogens is 3. The average molecular weight is 425 g/mol. The van der Waals surface area contributed by atoms with Gasteiger partial charge < -0.3 is 0 Å². The highest BCUT2D eigenvalue weighted by Crippen LogP contribution is 2.41. The van der Waals surface area contributed by atoms with Crippen molar-refractivity contribution < 1.29 is 0 Å². The van der Waals surface area contributed by atoms with Gasteiger partial charge in [0.15, 0.2) is 0 Å². The molecule has 17 heavy (non-hydrogen) atoms. The largest absolute Gasteiger partial charge is 0.0838 e. The van der Waals surface area contributed by atoms with E-state index in [-0.39, 0.29) is 0 Å². The van der Waals surface area contributed by atoms with Crippen LogP contribution < -0.4 is 0 Å². The highest BCUT2D eigenvalue weighted by Gasteiger charge is 2.21. The molecule has 1 aliphatic rings. The summed E-state index contributed by atoms with van der Waals surface area (Å²) in [6, 6.07) is 4.44. The summed E-state index contributed by atoms with van der Waals surface area (Å²) in [6.07, 6.45) is 6.92. The van der Waals surface area contributed by atoms with E-state index in [4.69, 9.17) is 0 Å². The molecule has 0 nitrogen and oxygen atoms in total. The molecule has 0 aliphatic heterocycles. The third kappa shape index (κ3) is 3.57. The van der Waals surface area contributed by atoms with E-state index in [1.807, 2.05) is 0 Å². The van der Waals surface area contributed by atoms with Crippen LogP contribution in [0, 0.1) is 12.8 Å². The first-order valence-corrected chi connectivity index (χ1v) is 8.67. The van der Waals surface area contributed by atoms with Crippen LogP contribution in [0.4, 0.5) is 0 Å². The molecule has 0 bridgehead atoms. The van der Waals surface area contributed by atoms with E-state index in [1.54, 1.807) is 0 Å². The van der Waals surface area contributed by atoms with Gasteiger partial charge in [-0.2, -0.15) is 0 Å². The zero-order chi connectivity index (χ0) is 12.4. The van der Waals surface area contributed by atoms with E-state index in [1.165, 1.54) is 52.2 Å². The van der Waals surface area contributed by atoms with Gasteiger partial charge in [0.25, 0.3) is 0 Å². The van der Waals surface area contributed by atoms with Crippen molar-refractivity contribution in [2.24, 2.45) is 5.92 Å². The lowest BCUT2D eigenvalue weighted by molar-refractivity contribution is 0.501. The highest BCUT2D eigenvalue weighted by atomic mass is 79.9. The standard InChI is InChI=1S/C14H17Br3/c1-9-6-13(16)11(8-12(9)15)14(17)7-10-4-2-3-5-10/h6,8,10,14H,2-5,7H2,1H3. The molecule has 0 heterocycles. The summed E-state index contributed by atoms with van der Waals surface area (Å²) in [5.74, 6) is 0.909. The van der Waals surface area contributed by atoms with Crippen molar-refractivity contribution in [1.82, 2.24) is 0 Å². The van der Waals surface area contributed by atoms with Crippen LogP contribution in [-0.2, 0) is 0 Å². The summed E-state index contributed by atoms with van der Waals surface area (Å²) >= 11 is 11.2. The minimum Gasteiger partial charge on any atom is -0.0838 e. The van der Waals surface area contributed by atoms with Gasteiger partial charge >= 0.3 is 0 Å². The molecule has 1 aromatic rings. The Morgan fingerprint density at radius 2 is 1.82 bits per heavy atom. The van der Waals surface area contributed by atoms with Crippen LogP contribution in [0.3, 0.4) is 0 Å². The number of benzene rings is 1. The number of alkyl halides is 1. The number of hydrogen-bond acceptors (Lipinski definition) is 0. The number of aryl methyl sites for hydroxylation is 1. The van der Waals surface area contributed by atoms with Gasteiger partial charge in [-0.15, -0.1) is 0 Å². The lowest BCUT2D eigenvalue weighted by Gasteiger charge is -2.17. The Balaban J connectivity index is 2.12. The minimum absolute atomic E-state index is 0.469. The van der Waals surface area contributed by atoms with Gasteiger partial charge in [-0.1, -0.05) is 73.5 Å². The molecule has 1 aliphatic carbocycles. The molecule has 1 atom stereocenters. The third-order valence-electron chi connectivity index (χ3n) is 3.63. The first-order valence-electron chi connectivity index (χ1n) is 6.17. The molecule has 1 fully saturated rings. The number of rotatable bonds is 3. The molecule has 0 spiro atoms. The van der Waals surface area contributed by atoms with Crippen molar-refractivity contribution in [3.05, 3.63) is 32.2 Å². The molecule has 1 aromatic carbocycles. The Morgan fingerprint density at radius 1 is 1.18 bits per heavy atom. The second-order valence-corrected chi connectivity index (χ2v) is 7.79. The fourth-order valence-electron chi connectivity index (χ4n) is 2.57. The van der Waals surface area contributed by atoms with Gasteiger partial charge in [0.05, 0.1) is 0 Å². The van der Waals surface area contributed by atoms with Gasteiger partial charge in [0.1, 0.15) is 0 Å². The molecule has 0 saturated heterocycles. The van der Waals surface area contributed by atoms with E-state index >= 15 is 0 Å². The molecule has 1 unspecified atom stereocenters. The maximum Gasteiger partial charge on any atom is 0.0409 e. The summed E-state index contributed by atoms with van der Waals surface area (Å²) in [6.45, 7) is 2.12. The van der Waals surface area contributed by atoms with Crippen molar-refractivity contribution in [3.63, 3.8) is 0 Å². The van der Waals surface area contributed by atoms with Gasteiger partial charge in [0.2, 0.25) is 0 Å². The summed E-state index contributed by atoms with van der Waals surface area (Å²) in [5.41, 5.74) is 2.65. The Labute approximate surface area is 129 Å². The Kier molecular flexibility index (Phi) is 5.14.